The number of benzene rings is 1. The number of halogens is 1. The van der Waals surface area contributed by atoms with Crippen LogP contribution in [0.3, 0.4) is 0 Å². The third kappa shape index (κ3) is 8.08. The summed E-state index contributed by atoms with van der Waals surface area (Å²) in [6.45, 7) is 9.63. The summed E-state index contributed by atoms with van der Waals surface area (Å²) in [7, 11) is 4.12. The van der Waals surface area contributed by atoms with Crippen LogP contribution in [0.2, 0.25) is 0 Å². The highest BCUT2D eigenvalue weighted by atomic mass is 127. The summed E-state index contributed by atoms with van der Waals surface area (Å²) in [4.78, 5) is 6.80. The number of hydrogen-bond acceptors (Lipinski definition) is 3. The van der Waals surface area contributed by atoms with Crippen molar-refractivity contribution in [3.63, 3.8) is 0 Å². The molecule has 6 nitrogen and oxygen atoms in total. The van der Waals surface area contributed by atoms with Crippen LogP contribution < -0.4 is 15.5 Å². The molecule has 0 bridgehead atoms. The van der Waals surface area contributed by atoms with Crippen molar-refractivity contribution in [3.05, 3.63) is 47.3 Å². The lowest BCUT2D eigenvalue weighted by Gasteiger charge is -2.14. The Balaban J connectivity index is 0.00000392. The predicted octanol–water partition coefficient (Wildman–Crippen LogP) is 3.37. The zero-order valence-corrected chi connectivity index (χ0v) is 20.2. The Hall–Kier alpha value is -1.77. The van der Waals surface area contributed by atoms with Crippen LogP contribution in [0.5, 0.6) is 0 Å². The zero-order chi connectivity index (χ0) is 19.6. The van der Waals surface area contributed by atoms with Crippen molar-refractivity contribution in [2.24, 2.45) is 4.99 Å². The molecule has 0 spiro atoms. The predicted molar refractivity (Wildman–Crippen MR) is 130 cm³/mol. The molecule has 0 aliphatic heterocycles. The number of hydrogen-bond donors (Lipinski definition) is 2. The molecular formula is C21H35IN6. The first-order chi connectivity index (χ1) is 13.0. The summed E-state index contributed by atoms with van der Waals surface area (Å²) in [5.74, 6) is 0.885. The van der Waals surface area contributed by atoms with Gasteiger partial charge in [0.2, 0.25) is 0 Å². The van der Waals surface area contributed by atoms with Gasteiger partial charge in [0.15, 0.2) is 5.96 Å². The number of guanidine groups is 1. The quantitative estimate of drug-likeness (QED) is 0.241. The summed E-state index contributed by atoms with van der Waals surface area (Å²) in [6, 6.07) is 10.8. The van der Waals surface area contributed by atoms with Gasteiger partial charge in [0.25, 0.3) is 0 Å². The molecule has 0 saturated heterocycles. The van der Waals surface area contributed by atoms with E-state index in [1.54, 1.807) is 0 Å². The molecule has 1 aromatic heterocycles. The Kier molecular flexibility index (Phi) is 11.0. The molecule has 7 heteroatoms. The van der Waals surface area contributed by atoms with Gasteiger partial charge in [-0.25, -0.2) is 0 Å². The highest BCUT2D eigenvalue weighted by Gasteiger charge is 2.01. The smallest absolute Gasteiger partial charge is 0.191 e. The minimum absolute atomic E-state index is 0. The molecule has 0 fully saturated rings. The van der Waals surface area contributed by atoms with E-state index in [1.807, 2.05) is 6.92 Å². The first-order valence-corrected chi connectivity index (χ1v) is 9.79. The van der Waals surface area contributed by atoms with E-state index in [2.05, 4.69) is 88.6 Å². The highest BCUT2D eigenvalue weighted by Crippen LogP contribution is 2.12. The second-order valence-electron chi connectivity index (χ2n) is 7.00. The van der Waals surface area contributed by atoms with E-state index in [0.717, 1.165) is 50.7 Å². The normalized spacial score (nSPS) is 11.1. The molecule has 0 unspecified atom stereocenters. The average molecular weight is 498 g/mol. The van der Waals surface area contributed by atoms with Gasteiger partial charge in [0.1, 0.15) is 0 Å². The fourth-order valence-corrected chi connectivity index (χ4v) is 2.94. The molecule has 0 aliphatic carbocycles. The van der Waals surface area contributed by atoms with Gasteiger partial charge in [-0.15, -0.1) is 24.0 Å². The van der Waals surface area contributed by atoms with Gasteiger partial charge in [-0.1, -0.05) is 12.1 Å². The van der Waals surface area contributed by atoms with Crippen LogP contribution in [-0.2, 0) is 13.0 Å². The zero-order valence-electron chi connectivity index (χ0n) is 17.8. The number of rotatable bonds is 9. The fourth-order valence-electron chi connectivity index (χ4n) is 2.94. The van der Waals surface area contributed by atoms with E-state index in [0.29, 0.717) is 0 Å². The third-order valence-electron chi connectivity index (χ3n) is 4.40. The number of nitrogens with one attached hydrogen (secondary N) is 2. The molecule has 2 aromatic rings. The summed E-state index contributed by atoms with van der Waals surface area (Å²) < 4.78 is 2.06. The summed E-state index contributed by atoms with van der Waals surface area (Å²) in [6.07, 6.45) is 1.95. The first kappa shape index (κ1) is 24.3. The third-order valence-corrected chi connectivity index (χ3v) is 4.40. The first-order valence-electron chi connectivity index (χ1n) is 9.79. The van der Waals surface area contributed by atoms with Crippen LogP contribution in [0.4, 0.5) is 5.69 Å². The minimum atomic E-state index is 0. The lowest BCUT2D eigenvalue weighted by molar-refractivity contribution is 0.567. The van der Waals surface area contributed by atoms with Crippen molar-refractivity contribution >= 4 is 35.6 Å². The Morgan fingerprint density at radius 2 is 1.86 bits per heavy atom. The molecule has 0 saturated carbocycles. The number of aromatic nitrogens is 2. The molecule has 0 radical (unpaired) electrons. The highest BCUT2D eigenvalue weighted by molar-refractivity contribution is 14.0. The van der Waals surface area contributed by atoms with Crippen molar-refractivity contribution in [2.75, 3.05) is 38.6 Å². The molecule has 0 aliphatic rings. The number of nitrogens with zero attached hydrogens (tertiary/aromatic N) is 4. The van der Waals surface area contributed by atoms with E-state index in [4.69, 9.17) is 0 Å². The summed E-state index contributed by atoms with van der Waals surface area (Å²) in [5.41, 5.74) is 4.84. The van der Waals surface area contributed by atoms with Crippen LogP contribution in [0, 0.1) is 13.8 Å². The van der Waals surface area contributed by atoms with Gasteiger partial charge in [0.05, 0.1) is 5.69 Å². The molecule has 2 rings (SSSR count). The van der Waals surface area contributed by atoms with Crippen molar-refractivity contribution in [3.8, 4) is 0 Å². The van der Waals surface area contributed by atoms with Crippen molar-refractivity contribution in [1.29, 1.82) is 0 Å². The minimum Gasteiger partial charge on any atom is -0.378 e. The van der Waals surface area contributed by atoms with Gasteiger partial charge < -0.3 is 15.5 Å². The number of aliphatic imine (C=N–C) groups is 1. The molecule has 2 N–H and O–H groups in total. The SMILES string of the molecule is CCNC(=NCCCn1nc(C)cc1C)NCCc1ccc(N(C)C)cc1.I. The summed E-state index contributed by atoms with van der Waals surface area (Å²) in [5, 5.41) is 11.2. The number of anilines is 1. The van der Waals surface area contributed by atoms with E-state index in [-0.39, 0.29) is 24.0 Å². The van der Waals surface area contributed by atoms with Gasteiger partial charge in [0, 0.05) is 51.7 Å². The standard InChI is InChI=1S/C21H34N6.HI/c1-6-22-21(23-13-7-15-27-18(3)16-17(2)25-27)24-14-12-19-8-10-20(11-9-19)26(4)5;/h8-11,16H,6-7,12-15H2,1-5H3,(H2,22,23,24);1H. The molecular weight excluding hydrogens is 463 g/mol. The van der Waals surface area contributed by atoms with Crippen LogP contribution in [-0.4, -0.2) is 49.5 Å². The van der Waals surface area contributed by atoms with Crippen molar-refractivity contribution in [1.82, 2.24) is 20.4 Å². The van der Waals surface area contributed by atoms with Gasteiger partial charge in [-0.05, 0) is 57.4 Å². The maximum atomic E-state index is 4.68. The van der Waals surface area contributed by atoms with E-state index >= 15 is 0 Å². The lowest BCUT2D eigenvalue weighted by atomic mass is 10.1. The molecule has 156 valence electrons. The number of aryl methyl sites for hydroxylation is 3. The fraction of sp³-hybridized carbons (Fsp3) is 0.524. The molecule has 1 aromatic carbocycles. The maximum Gasteiger partial charge on any atom is 0.191 e. The molecule has 0 atom stereocenters. The average Bonchev–Trinajstić information content (AvgIpc) is 2.96. The molecule has 1 heterocycles. The Morgan fingerprint density at radius 3 is 2.43 bits per heavy atom. The Bertz CT molecular complexity index is 721. The van der Waals surface area contributed by atoms with Crippen molar-refractivity contribution in [2.45, 2.75) is 40.2 Å². The topological polar surface area (TPSA) is 57.5 Å². The van der Waals surface area contributed by atoms with Gasteiger partial charge >= 0.3 is 0 Å². The van der Waals surface area contributed by atoms with E-state index in [1.165, 1.54) is 16.9 Å². The van der Waals surface area contributed by atoms with E-state index in [9.17, 15) is 0 Å². The van der Waals surface area contributed by atoms with Crippen LogP contribution in [0.1, 0.15) is 30.3 Å². The van der Waals surface area contributed by atoms with Gasteiger partial charge in [-0.2, -0.15) is 5.10 Å². The van der Waals surface area contributed by atoms with Gasteiger partial charge in [-0.3, -0.25) is 9.67 Å². The molecule has 28 heavy (non-hydrogen) atoms. The monoisotopic (exact) mass is 498 g/mol. The molecule has 0 amide bonds. The second kappa shape index (κ2) is 12.6. The van der Waals surface area contributed by atoms with Crippen molar-refractivity contribution < 1.29 is 0 Å². The van der Waals surface area contributed by atoms with Crippen LogP contribution >= 0.6 is 24.0 Å². The van der Waals surface area contributed by atoms with E-state index < -0.39 is 0 Å². The lowest BCUT2D eigenvalue weighted by Crippen LogP contribution is -2.38. The Morgan fingerprint density at radius 1 is 1.14 bits per heavy atom. The maximum absolute atomic E-state index is 4.68. The largest absolute Gasteiger partial charge is 0.378 e. The summed E-state index contributed by atoms with van der Waals surface area (Å²) >= 11 is 0. The van der Waals surface area contributed by atoms with Crippen LogP contribution in [0.15, 0.2) is 35.3 Å². The van der Waals surface area contributed by atoms with Crippen LogP contribution in [0.25, 0.3) is 0 Å². The Labute approximate surface area is 186 Å². The second-order valence-corrected chi connectivity index (χ2v) is 7.00.